The topological polar surface area (TPSA) is 66.9 Å². The highest BCUT2D eigenvalue weighted by molar-refractivity contribution is 5.79. The molecule has 1 atom stereocenters. The van der Waals surface area contributed by atoms with Crippen LogP contribution in [0.3, 0.4) is 0 Å². The van der Waals surface area contributed by atoms with Crippen LogP contribution in [0.15, 0.2) is 0 Å². The van der Waals surface area contributed by atoms with E-state index in [1.807, 2.05) is 19.9 Å². The van der Waals surface area contributed by atoms with Crippen LogP contribution >= 0.6 is 0 Å². The van der Waals surface area contributed by atoms with Crippen LogP contribution < -0.4 is 5.73 Å². The standard InChI is InChI=1S/C7H12N2O/c1-5(2)3-6(4-8)7(9)10/h5-6H,3H2,1-2H3,(H2,9,10)/t6-/m1/s1. The quantitative estimate of drug-likeness (QED) is 0.625. The van der Waals surface area contributed by atoms with Crippen molar-refractivity contribution >= 4 is 5.91 Å². The number of hydrogen-bond acceptors (Lipinski definition) is 2. The van der Waals surface area contributed by atoms with E-state index in [0.717, 1.165) is 0 Å². The van der Waals surface area contributed by atoms with Crippen LogP contribution in [0.2, 0.25) is 0 Å². The Hall–Kier alpha value is -1.04. The van der Waals surface area contributed by atoms with Crippen LogP contribution in [-0.2, 0) is 4.79 Å². The Morgan fingerprint density at radius 1 is 1.70 bits per heavy atom. The van der Waals surface area contributed by atoms with E-state index in [9.17, 15) is 4.79 Å². The van der Waals surface area contributed by atoms with Gasteiger partial charge in [-0.1, -0.05) is 13.8 Å². The fraction of sp³-hybridized carbons (Fsp3) is 0.714. The minimum atomic E-state index is -0.611. The predicted molar refractivity (Wildman–Crippen MR) is 37.8 cm³/mol. The molecule has 0 aliphatic carbocycles. The minimum Gasteiger partial charge on any atom is -0.369 e. The zero-order valence-corrected chi connectivity index (χ0v) is 6.29. The average Bonchev–Trinajstić information content (AvgIpc) is 1.81. The molecule has 0 saturated heterocycles. The highest BCUT2D eigenvalue weighted by atomic mass is 16.1. The van der Waals surface area contributed by atoms with Crippen LogP contribution in [0.5, 0.6) is 0 Å². The molecule has 1 amide bonds. The molecule has 0 bridgehead atoms. The first kappa shape index (κ1) is 8.96. The van der Waals surface area contributed by atoms with Crippen LogP contribution in [0.1, 0.15) is 20.3 Å². The number of nitrogens with two attached hydrogens (primary N) is 1. The van der Waals surface area contributed by atoms with E-state index in [1.165, 1.54) is 0 Å². The highest BCUT2D eigenvalue weighted by Gasteiger charge is 2.14. The fourth-order valence-corrected chi connectivity index (χ4v) is 0.704. The summed E-state index contributed by atoms with van der Waals surface area (Å²) in [5.41, 5.74) is 4.93. The summed E-state index contributed by atoms with van der Waals surface area (Å²) in [5, 5.41) is 8.39. The van der Waals surface area contributed by atoms with Crippen LogP contribution in [0.4, 0.5) is 0 Å². The van der Waals surface area contributed by atoms with Gasteiger partial charge in [0, 0.05) is 0 Å². The molecule has 0 rings (SSSR count). The number of nitrogens with zero attached hydrogens (tertiary/aromatic N) is 1. The van der Waals surface area contributed by atoms with E-state index in [-0.39, 0.29) is 0 Å². The molecule has 2 N–H and O–H groups in total. The summed E-state index contributed by atoms with van der Waals surface area (Å²) in [4.78, 5) is 10.5. The number of nitriles is 1. The van der Waals surface area contributed by atoms with Crippen LogP contribution in [0, 0.1) is 23.2 Å². The lowest BCUT2D eigenvalue weighted by atomic mass is 9.98. The van der Waals surface area contributed by atoms with Gasteiger partial charge in [-0.25, -0.2) is 0 Å². The minimum absolute atomic E-state index is 0.345. The number of hydrogen-bond donors (Lipinski definition) is 1. The Morgan fingerprint density at radius 3 is 2.30 bits per heavy atom. The van der Waals surface area contributed by atoms with Crippen molar-refractivity contribution in [2.75, 3.05) is 0 Å². The van der Waals surface area contributed by atoms with Crippen molar-refractivity contribution in [3.8, 4) is 6.07 Å². The Balaban J connectivity index is 3.88. The van der Waals surface area contributed by atoms with E-state index in [2.05, 4.69) is 0 Å². The molecule has 0 radical (unpaired) electrons. The zero-order chi connectivity index (χ0) is 8.15. The molecular weight excluding hydrogens is 128 g/mol. The molecule has 0 fully saturated rings. The summed E-state index contributed by atoms with van der Waals surface area (Å²) in [5.74, 6) is -0.784. The van der Waals surface area contributed by atoms with Gasteiger partial charge < -0.3 is 5.73 Å². The van der Waals surface area contributed by atoms with E-state index >= 15 is 0 Å². The molecule has 0 spiro atoms. The molecule has 0 heterocycles. The summed E-state index contributed by atoms with van der Waals surface area (Å²) in [6.45, 7) is 3.90. The SMILES string of the molecule is CC(C)C[C@H](C#N)C(N)=O. The molecule has 0 aliphatic heterocycles. The molecule has 0 aromatic heterocycles. The molecule has 0 aromatic rings. The van der Waals surface area contributed by atoms with E-state index in [1.54, 1.807) is 0 Å². The summed E-state index contributed by atoms with van der Waals surface area (Å²) in [6, 6.07) is 1.86. The lowest BCUT2D eigenvalue weighted by molar-refractivity contribution is -0.120. The number of carbonyl (C=O) groups is 1. The highest BCUT2D eigenvalue weighted by Crippen LogP contribution is 2.09. The first-order chi connectivity index (χ1) is 4.57. The molecular formula is C7H12N2O. The summed E-state index contributed by atoms with van der Waals surface area (Å²) in [7, 11) is 0. The average molecular weight is 140 g/mol. The molecule has 0 aromatic carbocycles. The summed E-state index contributed by atoms with van der Waals surface area (Å²) in [6.07, 6.45) is 0.561. The Kier molecular flexibility index (Phi) is 3.48. The smallest absolute Gasteiger partial charge is 0.234 e. The van der Waals surface area contributed by atoms with Gasteiger partial charge in [0.05, 0.1) is 6.07 Å². The largest absolute Gasteiger partial charge is 0.369 e. The van der Waals surface area contributed by atoms with Gasteiger partial charge in [0.25, 0.3) is 0 Å². The lowest BCUT2D eigenvalue weighted by Gasteiger charge is -2.06. The van der Waals surface area contributed by atoms with Gasteiger partial charge in [-0.05, 0) is 12.3 Å². The second kappa shape index (κ2) is 3.89. The number of primary amides is 1. The van der Waals surface area contributed by atoms with Crippen molar-refractivity contribution in [1.82, 2.24) is 0 Å². The van der Waals surface area contributed by atoms with Gasteiger partial charge in [-0.3, -0.25) is 4.79 Å². The van der Waals surface area contributed by atoms with Crippen LogP contribution in [-0.4, -0.2) is 5.91 Å². The number of rotatable bonds is 3. The summed E-state index contributed by atoms with van der Waals surface area (Å²) >= 11 is 0. The van der Waals surface area contributed by atoms with Gasteiger partial charge in [0.2, 0.25) is 5.91 Å². The summed E-state index contributed by atoms with van der Waals surface area (Å²) < 4.78 is 0. The number of carbonyl (C=O) groups excluding carboxylic acids is 1. The molecule has 0 aliphatic rings. The monoisotopic (exact) mass is 140 g/mol. The third-order valence-electron chi connectivity index (χ3n) is 1.21. The second-order valence-corrected chi connectivity index (χ2v) is 2.71. The maximum atomic E-state index is 10.5. The maximum Gasteiger partial charge on any atom is 0.234 e. The zero-order valence-electron chi connectivity index (χ0n) is 6.29. The third kappa shape index (κ3) is 3.08. The predicted octanol–water partition coefficient (Wildman–Crippen LogP) is 0.658. The van der Waals surface area contributed by atoms with Crippen LogP contribution in [0.25, 0.3) is 0 Å². The third-order valence-corrected chi connectivity index (χ3v) is 1.21. The van der Waals surface area contributed by atoms with Gasteiger partial charge in [-0.15, -0.1) is 0 Å². The Morgan fingerprint density at radius 2 is 2.20 bits per heavy atom. The Bertz CT molecular complexity index is 157. The van der Waals surface area contributed by atoms with Gasteiger partial charge in [-0.2, -0.15) is 5.26 Å². The molecule has 3 nitrogen and oxygen atoms in total. The fourth-order valence-electron chi connectivity index (χ4n) is 0.704. The van der Waals surface area contributed by atoms with Gasteiger partial charge in [0.1, 0.15) is 5.92 Å². The molecule has 0 saturated carbocycles. The first-order valence-corrected chi connectivity index (χ1v) is 3.26. The van der Waals surface area contributed by atoms with E-state index in [4.69, 9.17) is 11.0 Å². The van der Waals surface area contributed by atoms with Crippen molar-refractivity contribution in [3.05, 3.63) is 0 Å². The van der Waals surface area contributed by atoms with Gasteiger partial charge in [0.15, 0.2) is 0 Å². The second-order valence-electron chi connectivity index (χ2n) is 2.71. The van der Waals surface area contributed by atoms with E-state index in [0.29, 0.717) is 12.3 Å². The molecule has 3 heteroatoms. The maximum absolute atomic E-state index is 10.5. The number of amides is 1. The normalized spacial score (nSPS) is 12.6. The van der Waals surface area contributed by atoms with Crippen molar-refractivity contribution in [3.63, 3.8) is 0 Å². The lowest BCUT2D eigenvalue weighted by Crippen LogP contribution is -2.23. The molecule has 56 valence electrons. The van der Waals surface area contributed by atoms with E-state index < -0.39 is 11.8 Å². The van der Waals surface area contributed by atoms with Crippen molar-refractivity contribution < 1.29 is 4.79 Å². The molecule has 10 heavy (non-hydrogen) atoms. The van der Waals surface area contributed by atoms with Crippen molar-refractivity contribution in [1.29, 1.82) is 5.26 Å². The van der Waals surface area contributed by atoms with Crippen molar-refractivity contribution in [2.45, 2.75) is 20.3 Å². The van der Waals surface area contributed by atoms with Crippen molar-refractivity contribution in [2.24, 2.45) is 17.6 Å². The molecule has 0 unspecified atom stereocenters. The van der Waals surface area contributed by atoms with Gasteiger partial charge >= 0.3 is 0 Å². The Labute approximate surface area is 60.8 Å². The first-order valence-electron chi connectivity index (χ1n) is 3.26.